The third kappa shape index (κ3) is 4.33. The van der Waals surface area contributed by atoms with Gasteiger partial charge in [0.2, 0.25) is 0 Å². The Kier molecular flexibility index (Phi) is 6.53. The van der Waals surface area contributed by atoms with Gasteiger partial charge in [0.05, 0.1) is 6.61 Å². The van der Waals surface area contributed by atoms with Gasteiger partial charge in [-0.25, -0.2) is 0 Å². The molecule has 0 atom stereocenters. The number of carbonyl (C=O) groups is 1. The van der Waals surface area contributed by atoms with Crippen molar-refractivity contribution in [3.63, 3.8) is 0 Å². The lowest BCUT2D eigenvalue weighted by molar-refractivity contribution is 0.0664. The highest BCUT2D eigenvalue weighted by Crippen LogP contribution is 2.14. The average molecular weight is 264 g/mol. The average Bonchev–Trinajstić information content (AvgIpc) is 2.41. The first-order chi connectivity index (χ1) is 9.11. The summed E-state index contributed by atoms with van der Waals surface area (Å²) in [6.07, 6.45) is 0.823. The molecule has 1 rings (SSSR count). The number of hydrogen-bond acceptors (Lipinski definition) is 3. The lowest BCUT2D eigenvalue weighted by Crippen LogP contribution is -2.39. The molecule has 0 spiro atoms. The van der Waals surface area contributed by atoms with E-state index < -0.39 is 0 Å². The largest absolute Gasteiger partial charge is 0.395 e. The van der Waals surface area contributed by atoms with Gasteiger partial charge in [-0.15, -0.1) is 0 Å². The topological polar surface area (TPSA) is 52.6 Å². The van der Waals surface area contributed by atoms with Crippen molar-refractivity contribution in [2.75, 3.05) is 26.7 Å². The fraction of sp³-hybridized carbons (Fsp3) is 0.533. The molecule has 0 radical (unpaired) electrons. The van der Waals surface area contributed by atoms with E-state index in [2.05, 4.69) is 5.32 Å². The van der Waals surface area contributed by atoms with E-state index in [1.165, 1.54) is 0 Å². The third-order valence-corrected chi connectivity index (χ3v) is 3.12. The Morgan fingerprint density at radius 2 is 2.05 bits per heavy atom. The molecule has 0 heterocycles. The molecule has 2 N–H and O–H groups in total. The maximum absolute atomic E-state index is 12.6. The van der Waals surface area contributed by atoms with Crippen LogP contribution in [0.2, 0.25) is 0 Å². The molecule has 4 nitrogen and oxygen atoms in total. The third-order valence-electron chi connectivity index (χ3n) is 3.12. The SMILES string of the molecule is CNCCc1ccccc1C(=O)N(CCO)C(C)C. The molecule has 1 amide bonds. The van der Waals surface area contributed by atoms with Gasteiger partial charge in [0.1, 0.15) is 0 Å². The Morgan fingerprint density at radius 1 is 1.37 bits per heavy atom. The highest BCUT2D eigenvalue weighted by atomic mass is 16.3. The van der Waals surface area contributed by atoms with Crippen molar-refractivity contribution in [3.05, 3.63) is 35.4 Å². The summed E-state index contributed by atoms with van der Waals surface area (Å²) >= 11 is 0. The highest BCUT2D eigenvalue weighted by Gasteiger charge is 2.20. The number of aliphatic hydroxyl groups is 1. The number of likely N-dealkylation sites (N-methyl/N-ethyl adjacent to an activating group) is 1. The number of nitrogens with zero attached hydrogens (tertiary/aromatic N) is 1. The van der Waals surface area contributed by atoms with Gasteiger partial charge in [0.15, 0.2) is 0 Å². The first kappa shape index (κ1) is 15.7. The molecular formula is C15H24N2O2. The van der Waals surface area contributed by atoms with Gasteiger partial charge in [-0.2, -0.15) is 0 Å². The van der Waals surface area contributed by atoms with Crippen LogP contribution in [-0.2, 0) is 6.42 Å². The summed E-state index contributed by atoms with van der Waals surface area (Å²) in [7, 11) is 1.90. The van der Waals surface area contributed by atoms with Crippen LogP contribution in [0.1, 0.15) is 29.8 Å². The fourth-order valence-electron chi connectivity index (χ4n) is 2.06. The van der Waals surface area contributed by atoms with Crippen molar-refractivity contribution in [3.8, 4) is 0 Å². The maximum Gasteiger partial charge on any atom is 0.254 e. The van der Waals surface area contributed by atoms with Crippen LogP contribution in [0.25, 0.3) is 0 Å². The summed E-state index contributed by atoms with van der Waals surface area (Å²) < 4.78 is 0. The summed E-state index contributed by atoms with van der Waals surface area (Å²) in [6.45, 7) is 5.12. The Labute approximate surface area is 115 Å². The zero-order chi connectivity index (χ0) is 14.3. The number of carbonyl (C=O) groups excluding carboxylic acids is 1. The van der Waals surface area contributed by atoms with Crippen molar-refractivity contribution in [2.24, 2.45) is 0 Å². The van der Waals surface area contributed by atoms with Crippen LogP contribution >= 0.6 is 0 Å². The van der Waals surface area contributed by atoms with Crippen molar-refractivity contribution < 1.29 is 9.90 Å². The molecule has 0 aliphatic rings. The van der Waals surface area contributed by atoms with Gasteiger partial charge in [-0.1, -0.05) is 18.2 Å². The van der Waals surface area contributed by atoms with Crippen LogP contribution in [0.3, 0.4) is 0 Å². The number of rotatable bonds is 7. The van der Waals surface area contributed by atoms with Gasteiger partial charge in [0.25, 0.3) is 5.91 Å². The number of hydrogen-bond donors (Lipinski definition) is 2. The minimum absolute atomic E-state index is 0.00393. The summed E-state index contributed by atoms with van der Waals surface area (Å²) in [6, 6.07) is 7.76. The fourth-order valence-corrected chi connectivity index (χ4v) is 2.06. The predicted octanol–water partition coefficient (Wildman–Crippen LogP) is 1.29. The van der Waals surface area contributed by atoms with Gasteiger partial charge < -0.3 is 15.3 Å². The summed E-state index contributed by atoms with van der Waals surface area (Å²) in [5, 5.41) is 12.2. The van der Waals surface area contributed by atoms with Crippen molar-refractivity contribution in [1.29, 1.82) is 0 Å². The standard InChI is InChI=1S/C15H24N2O2/c1-12(2)17(10-11-18)15(19)14-7-5-4-6-13(14)8-9-16-3/h4-7,12,16,18H,8-11H2,1-3H3. The van der Waals surface area contributed by atoms with E-state index in [0.29, 0.717) is 6.54 Å². The smallest absolute Gasteiger partial charge is 0.254 e. The molecule has 0 aliphatic carbocycles. The van der Waals surface area contributed by atoms with E-state index in [1.54, 1.807) is 4.90 Å². The van der Waals surface area contributed by atoms with E-state index in [1.807, 2.05) is 45.2 Å². The van der Waals surface area contributed by atoms with Crippen LogP contribution < -0.4 is 5.32 Å². The Balaban J connectivity index is 2.96. The maximum atomic E-state index is 12.6. The van der Waals surface area contributed by atoms with Crippen LogP contribution in [0.5, 0.6) is 0 Å². The Bertz CT molecular complexity index is 405. The van der Waals surface area contributed by atoms with E-state index in [-0.39, 0.29) is 18.6 Å². The molecule has 0 fully saturated rings. The number of nitrogens with one attached hydrogen (secondary N) is 1. The molecule has 0 bridgehead atoms. The van der Waals surface area contributed by atoms with Gasteiger partial charge in [0, 0.05) is 18.2 Å². The molecule has 1 aromatic carbocycles. The van der Waals surface area contributed by atoms with E-state index in [0.717, 1.165) is 24.1 Å². The van der Waals surface area contributed by atoms with Crippen LogP contribution in [0, 0.1) is 0 Å². The quantitative estimate of drug-likeness (QED) is 0.780. The molecule has 0 saturated carbocycles. The first-order valence-corrected chi connectivity index (χ1v) is 6.76. The molecule has 0 aromatic heterocycles. The molecule has 0 saturated heterocycles. The molecule has 1 aromatic rings. The van der Waals surface area contributed by atoms with Gasteiger partial charge >= 0.3 is 0 Å². The minimum Gasteiger partial charge on any atom is -0.395 e. The Morgan fingerprint density at radius 3 is 2.63 bits per heavy atom. The predicted molar refractivity (Wildman–Crippen MR) is 77.3 cm³/mol. The Hall–Kier alpha value is -1.39. The summed E-state index contributed by atoms with van der Waals surface area (Å²) in [4.78, 5) is 14.3. The van der Waals surface area contributed by atoms with Crippen molar-refractivity contribution in [1.82, 2.24) is 10.2 Å². The molecule has 0 unspecified atom stereocenters. The second-order valence-electron chi connectivity index (χ2n) is 4.83. The second-order valence-corrected chi connectivity index (χ2v) is 4.83. The minimum atomic E-state index is -0.0113. The number of amides is 1. The normalized spacial score (nSPS) is 10.8. The number of aliphatic hydroxyl groups excluding tert-OH is 1. The van der Waals surface area contributed by atoms with Gasteiger partial charge in [-0.3, -0.25) is 4.79 Å². The van der Waals surface area contributed by atoms with E-state index in [4.69, 9.17) is 5.11 Å². The van der Waals surface area contributed by atoms with Crippen LogP contribution in [0.15, 0.2) is 24.3 Å². The zero-order valence-electron chi connectivity index (χ0n) is 12.0. The lowest BCUT2D eigenvalue weighted by Gasteiger charge is -2.27. The zero-order valence-corrected chi connectivity index (χ0v) is 12.0. The molecule has 106 valence electrons. The monoisotopic (exact) mass is 264 g/mol. The molecule has 0 aliphatic heterocycles. The van der Waals surface area contributed by atoms with E-state index in [9.17, 15) is 4.79 Å². The van der Waals surface area contributed by atoms with Crippen LogP contribution in [-0.4, -0.2) is 48.7 Å². The summed E-state index contributed by atoms with van der Waals surface area (Å²) in [5.41, 5.74) is 1.78. The van der Waals surface area contributed by atoms with Gasteiger partial charge in [-0.05, 0) is 45.5 Å². The lowest BCUT2D eigenvalue weighted by atomic mass is 10.0. The summed E-state index contributed by atoms with van der Waals surface area (Å²) in [5.74, 6) is -0.00393. The second kappa shape index (κ2) is 7.92. The molecular weight excluding hydrogens is 240 g/mol. The molecule has 19 heavy (non-hydrogen) atoms. The molecule has 4 heteroatoms. The number of benzene rings is 1. The van der Waals surface area contributed by atoms with E-state index >= 15 is 0 Å². The highest BCUT2D eigenvalue weighted by molar-refractivity contribution is 5.95. The van der Waals surface area contributed by atoms with Crippen LogP contribution in [0.4, 0.5) is 0 Å². The van der Waals surface area contributed by atoms with Crippen molar-refractivity contribution >= 4 is 5.91 Å². The van der Waals surface area contributed by atoms with Crippen molar-refractivity contribution in [2.45, 2.75) is 26.3 Å². The first-order valence-electron chi connectivity index (χ1n) is 6.76.